The number of halogens is 3. The second-order valence-corrected chi connectivity index (χ2v) is 7.54. The Morgan fingerprint density at radius 2 is 1.84 bits per heavy atom. The maximum Gasteiger partial charge on any atom is 0.124 e. The Balaban J connectivity index is 2.03. The molecule has 0 nitrogen and oxygen atoms in total. The fourth-order valence-corrected chi connectivity index (χ4v) is 4.67. The van der Waals surface area contributed by atoms with Gasteiger partial charge in [-0.3, -0.25) is 0 Å². The van der Waals surface area contributed by atoms with Gasteiger partial charge in [0.15, 0.2) is 0 Å². The summed E-state index contributed by atoms with van der Waals surface area (Å²) in [6.07, 6.45) is 0. The van der Waals surface area contributed by atoms with Gasteiger partial charge >= 0.3 is 0 Å². The van der Waals surface area contributed by atoms with Crippen molar-refractivity contribution in [2.24, 2.45) is 0 Å². The Morgan fingerprint density at radius 3 is 2.53 bits per heavy atom. The van der Waals surface area contributed by atoms with Gasteiger partial charge in [-0.1, -0.05) is 17.7 Å². The van der Waals surface area contributed by atoms with Crippen LogP contribution in [0, 0.1) is 12.7 Å². The minimum absolute atomic E-state index is 0.220. The largest absolute Gasteiger partial charge is 0.207 e. The fraction of sp³-hybridized carbons (Fsp3) is 0.143. The zero-order valence-corrected chi connectivity index (χ0v) is 13.1. The minimum atomic E-state index is -0.225. The van der Waals surface area contributed by atoms with Crippen molar-refractivity contribution in [3.8, 4) is 0 Å². The molecule has 2 aromatic heterocycles. The molecule has 3 aromatic rings. The molecule has 1 unspecified atom stereocenters. The Hall–Kier alpha value is -0.610. The smallest absolute Gasteiger partial charge is 0.124 e. The van der Waals surface area contributed by atoms with E-state index in [4.69, 9.17) is 23.2 Å². The first kappa shape index (κ1) is 13.4. The molecule has 19 heavy (non-hydrogen) atoms. The van der Waals surface area contributed by atoms with Crippen LogP contribution in [-0.4, -0.2) is 0 Å². The molecular weight excluding hydrogens is 322 g/mol. The Bertz CT molecular complexity index is 726. The first-order valence-corrected chi connectivity index (χ1v) is 8.08. The lowest BCUT2D eigenvalue weighted by atomic mass is 10.2. The number of thiophene rings is 2. The molecule has 0 bridgehead atoms. The van der Waals surface area contributed by atoms with Gasteiger partial charge in [-0.05, 0) is 42.1 Å². The topological polar surface area (TPSA) is 0 Å². The average Bonchev–Trinajstić information content (AvgIpc) is 2.92. The number of fused-ring (bicyclic) bond motifs is 1. The quantitative estimate of drug-likeness (QED) is 0.477. The Labute approximate surface area is 128 Å². The second kappa shape index (κ2) is 5.06. The third-order valence-electron chi connectivity index (χ3n) is 2.88. The highest BCUT2D eigenvalue weighted by molar-refractivity contribution is 7.20. The van der Waals surface area contributed by atoms with Gasteiger partial charge in [-0.2, -0.15) is 0 Å². The van der Waals surface area contributed by atoms with Crippen molar-refractivity contribution < 1.29 is 4.39 Å². The SMILES string of the molecule is Cc1cc(C(Cl)c2cc3ccc(F)cc3s2)sc1Cl. The molecule has 1 atom stereocenters. The van der Waals surface area contributed by atoms with Gasteiger partial charge in [0, 0.05) is 14.5 Å². The molecule has 0 amide bonds. The van der Waals surface area contributed by atoms with Gasteiger partial charge in [0.05, 0.1) is 4.34 Å². The fourth-order valence-electron chi connectivity index (χ4n) is 1.90. The summed E-state index contributed by atoms with van der Waals surface area (Å²) >= 11 is 15.6. The highest BCUT2D eigenvalue weighted by Gasteiger charge is 2.17. The summed E-state index contributed by atoms with van der Waals surface area (Å²) < 4.78 is 14.9. The van der Waals surface area contributed by atoms with Crippen LogP contribution in [0.2, 0.25) is 4.34 Å². The first-order valence-electron chi connectivity index (χ1n) is 5.63. The van der Waals surface area contributed by atoms with E-state index in [1.165, 1.54) is 28.7 Å². The van der Waals surface area contributed by atoms with E-state index in [0.29, 0.717) is 0 Å². The molecule has 0 aliphatic rings. The third kappa shape index (κ3) is 2.52. The predicted octanol–water partition coefficient (Wildman–Crippen LogP) is 6.39. The molecular formula is C14H9Cl2FS2. The standard InChI is InChI=1S/C14H9Cl2FS2/c1-7-4-11(19-14(7)16)13(15)12-5-8-2-3-9(17)6-10(8)18-12/h2-6,13H,1H3. The molecule has 2 heterocycles. The zero-order valence-electron chi connectivity index (χ0n) is 9.91. The average molecular weight is 331 g/mol. The van der Waals surface area contributed by atoms with Crippen molar-refractivity contribution in [2.75, 3.05) is 0 Å². The normalized spacial score (nSPS) is 13.1. The molecule has 5 heteroatoms. The maximum absolute atomic E-state index is 13.2. The van der Waals surface area contributed by atoms with Gasteiger partial charge in [0.2, 0.25) is 0 Å². The van der Waals surface area contributed by atoms with Crippen molar-refractivity contribution in [3.63, 3.8) is 0 Å². The van der Waals surface area contributed by atoms with E-state index in [-0.39, 0.29) is 11.2 Å². The molecule has 1 aromatic carbocycles. The van der Waals surface area contributed by atoms with Crippen LogP contribution in [0.25, 0.3) is 10.1 Å². The van der Waals surface area contributed by atoms with Crippen LogP contribution < -0.4 is 0 Å². The first-order chi connectivity index (χ1) is 9.04. The summed E-state index contributed by atoms with van der Waals surface area (Å²) in [5, 5.41) is 0.795. The lowest BCUT2D eigenvalue weighted by molar-refractivity contribution is 0.630. The highest BCUT2D eigenvalue weighted by Crippen LogP contribution is 2.41. The van der Waals surface area contributed by atoms with Gasteiger partial charge in [0.1, 0.15) is 11.2 Å². The number of rotatable bonds is 2. The van der Waals surface area contributed by atoms with E-state index in [1.54, 1.807) is 12.1 Å². The minimum Gasteiger partial charge on any atom is -0.207 e. The van der Waals surface area contributed by atoms with Gasteiger partial charge in [-0.15, -0.1) is 34.3 Å². The lowest BCUT2D eigenvalue weighted by Crippen LogP contribution is -1.84. The van der Waals surface area contributed by atoms with Crippen LogP contribution in [-0.2, 0) is 0 Å². The maximum atomic E-state index is 13.2. The highest BCUT2D eigenvalue weighted by atomic mass is 35.5. The van der Waals surface area contributed by atoms with E-state index in [0.717, 1.165) is 29.7 Å². The summed E-state index contributed by atoms with van der Waals surface area (Å²) in [5.74, 6) is -0.220. The molecule has 3 rings (SSSR count). The third-order valence-corrected chi connectivity index (χ3v) is 6.39. The monoisotopic (exact) mass is 330 g/mol. The number of benzene rings is 1. The van der Waals surface area contributed by atoms with Crippen molar-refractivity contribution in [3.05, 3.63) is 55.8 Å². The Morgan fingerprint density at radius 1 is 1.11 bits per heavy atom. The summed E-state index contributed by atoms with van der Waals surface area (Å²) in [6, 6.07) is 8.81. The van der Waals surface area contributed by atoms with E-state index >= 15 is 0 Å². The van der Waals surface area contributed by atoms with Crippen LogP contribution in [0.15, 0.2) is 30.3 Å². The van der Waals surface area contributed by atoms with E-state index in [2.05, 4.69) is 0 Å². The molecule has 0 radical (unpaired) electrons. The van der Waals surface area contributed by atoms with Gasteiger partial charge in [0.25, 0.3) is 0 Å². The molecule has 0 fully saturated rings. The van der Waals surface area contributed by atoms with Gasteiger partial charge < -0.3 is 0 Å². The molecule has 0 spiro atoms. The molecule has 0 saturated carbocycles. The number of hydrogen-bond acceptors (Lipinski definition) is 2. The lowest BCUT2D eigenvalue weighted by Gasteiger charge is -2.02. The number of aryl methyl sites for hydroxylation is 1. The summed E-state index contributed by atoms with van der Waals surface area (Å²) in [4.78, 5) is 2.04. The van der Waals surface area contributed by atoms with Gasteiger partial charge in [-0.25, -0.2) is 4.39 Å². The van der Waals surface area contributed by atoms with Crippen molar-refractivity contribution in [1.29, 1.82) is 0 Å². The van der Waals surface area contributed by atoms with Crippen LogP contribution >= 0.6 is 45.9 Å². The molecule has 98 valence electrons. The van der Waals surface area contributed by atoms with E-state index in [9.17, 15) is 4.39 Å². The molecule has 0 saturated heterocycles. The number of alkyl halides is 1. The van der Waals surface area contributed by atoms with Crippen molar-refractivity contribution in [2.45, 2.75) is 12.3 Å². The molecule has 0 aliphatic heterocycles. The van der Waals surface area contributed by atoms with Crippen molar-refractivity contribution >= 4 is 56.0 Å². The molecule has 0 N–H and O–H groups in total. The Kier molecular flexibility index (Phi) is 3.56. The van der Waals surface area contributed by atoms with Crippen molar-refractivity contribution in [1.82, 2.24) is 0 Å². The van der Waals surface area contributed by atoms with E-state index in [1.807, 2.05) is 19.1 Å². The predicted molar refractivity (Wildman–Crippen MR) is 83.5 cm³/mol. The van der Waals surface area contributed by atoms with Crippen LogP contribution in [0.5, 0.6) is 0 Å². The second-order valence-electron chi connectivity index (χ2n) is 4.30. The van der Waals surface area contributed by atoms with Crippen LogP contribution in [0.4, 0.5) is 4.39 Å². The summed E-state index contributed by atoms with van der Waals surface area (Å²) in [7, 11) is 0. The van der Waals surface area contributed by atoms with Crippen LogP contribution in [0.1, 0.15) is 20.7 Å². The zero-order chi connectivity index (χ0) is 13.6. The summed E-state index contributed by atoms with van der Waals surface area (Å²) in [6.45, 7) is 1.96. The van der Waals surface area contributed by atoms with Crippen LogP contribution in [0.3, 0.4) is 0 Å². The van der Waals surface area contributed by atoms with E-state index < -0.39 is 0 Å². The number of hydrogen-bond donors (Lipinski definition) is 0. The molecule has 0 aliphatic carbocycles. The summed E-state index contributed by atoms with van der Waals surface area (Å²) in [5.41, 5.74) is 1.04.